The Morgan fingerprint density at radius 3 is 2.78 bits per heavy atom. The van der Waals surface area contributed by atoms with Crippen LogP contribution in [-0.4, -0.2) is 31.8 Å². The molecule has 3 heteroatoms. The Balaban J connectivity index is 2.78. The van der Waals surface area contributed by atoms with Gasteiger partial charge in [0.25, 0.3) is 0 Å². The summed E-state index contributed by atoms with van der Waals surface area (Å²) in [4.78, 5) is 2.32. The number of rotatable bonds is 2. The van der Waals surface area contributed by atoms with E-state index in [4.69, 9.17) is 9.47 Å². The van der Waals surface area contributed by atoms with Gasteiger partial charge in [0.05, 0.1) is 6.26 Å². The predicted molar refractivity (Wildman–Crippen MR) is 75.0 cm³/mol. The Kier molecular flexibility index (Phi) is 6.58. The summed E-state index contributed by atoms with van der Waals surface area (Å²) in [5.74, 6) is 1.07. The third-order valence-corrected chi connectivity index (χ3v) is 3.12. The molecule has 0 saturated carbocycles. The van der Waals surface area contributed by atoms with Gasteiger partial charge in [-0.1, -0.05) is 26.0 Å². The lowest BCUT2D eigenvalue weighted by Crippen LogP contribution is -2.23. The van der Waals surface area contributed by atoms with Crippen molar-refractivity contribution in [1.29, 1.82) is 0 Å². The summed E-state index contributed by atoms with van der Waals surface area (Å²) < 4.78 is 11.0. The summed E-state index contributed by atoms with van der Waals surface area (Å²) in [6, 6.07) is 0. The van der Waals surface area contributed by atoms with Gasteiger partial charge in [0.15, 0.2) is 0 Å². The van der Waals surface area contributed by atoms with E-state index in [9.17, 15) is 0 Å². The zero-order chi connectivity index (χ0) is 13.4. The number of likely N-dealkylation sites (N-methyl/N-ethyl adjacent to an activating group) is 1. The molecule has 0 saturated heterocycles. The van der Waals surface area contributed by atoms with Gasteiger partial charge in [0.1, 0.15) is 5.76 Å². The fourth-order valence-corrected chi connectivity index (χ4v) is 1.96. The summed E-state index contributed by atoms with van der Waals surface area (Å²) in [5.41, 5.74) is 2.44. The van der Waals surface area contributed by atoms with Crippen molar-refractivity contribution in [3.63, 3.8) is 0 Å². The molecule has 0 amide bonds. The topological polar surface area (TPSA) is 21.7 Å². The third-order valence-electron chi connectivity index (χ3n) is 3.12. The SMILES string of the molecule is C=C1/C=C\OCO/C(CC)=C(/CC)CN(C)CC1. The van der Waals surface area contributed by atoms with Crippen molar-refractivity contribution in [2.75, 3.05) is 26.9 Å². The zero-order valence-corrected chi connectivity index (χ0v) is 11.9. The highest BCUT2D eigenvalue weighted by molar-refractivity contribution is 5.14. The van der Waals surface area contributed by atoms with Gasteiger partial charge < -0.3 is 14.4 Å². The van der Waals surface area contributed by atoms with E-state index in [1.54, 1.807) is 6.26 Å². The van der Waals surface area contributed by atoms with Crippen LogP contribution in [0.3, 0.4) is 0 Å². The first-order chi connectivity index (χ1) is 8.67. The molecule has 0 fully saturated rings. The van der Waals surface area contributed by atoms with Crippen molar-refractivity contribution >= 4 is 0 Å². The second kappa shape index (κ2) is 7.98. The smallest absolute Gasteiger partial charge is 0.229 e. The quantitative estimate of drug-likeness (QED) is 0.750. The van der Waals surface area contributed by atoms with Crippen molar-refractivity contribution in [3.05, 3.63) is 35.8 Å². The lowest BCUT2D eigenvalue weighted by Gasteiger charge is -2.21. The molecule has 0 radical (unpaired) electrons. The highest BCUT2D eigenvalue weighted by atomic mass is 16.7. The summed E-state index contributed by atoms with van der Waals surface area (Å²) in [5, 5.41) is 0. The van der Waals surface area contributed by atoms with Crippen LogP contribution in [-0.2, 0) is 9.47 Å². The van der Waals surface area contributed by atoms with E-state index in [-0.39, 0.29) is 6.79 Å². The minimum atomic E-state index is 0.278. The van der Waals surface area contributed by atoms with Gasteiger partial charge in [0.2, 0.25) is 6.79 Å². The number of hydrogen-bond donors (Lipinski definition) is 0. The second-order valence-electron chi connectivity index (χ2n) is 4.61. The third kappa shape index (κ3) is 4.96. The molecule has 0 bridgehead atoms. The number of allylic oxidation sites excluding steroid dienone is 2. The maximum absolute atomic E-state index is 5.70. The van der Waals surface area contributed by atoms with Crippen LogP contribution in [0.5, 0.6) is 0 Å². The maximum atomic E-state index is 5.70. The van der Waals surface area contributed by atoms with Gasteiger partial charge >= 0.3 is 0 Å². The van der Waals surface area contributed by atoms with Gasteiger partial charge in [-0.2, -0.15) is 0 Å². The number of hydrogen-bond acceptors (Lipinski definition) is 3. The Bertz CT molecular complexity index is 331. The van der Waals surface area contributed by atoms with Crippen molar-refractivity contribution < 1.29 is 9.47 Å². The lowest BCUT2D eigenvalue weighted by atomic mass is 10.1. The van der Waals surface area contributed by atoms with Crippen LogP contribution in [0.2, 0.25) is 0 Å². The summed E-state index contributed by atoms with van der Waals surface area (Å²) >= 11 is 0. The highest BCUT2D eigenvalue weighted by Gasteiger charge is 2.09. The summed E-state index contributed by atoms with van der Waals surface area (Å²) in [6.45, 7) is 10.5. The molecule has 0 aromatic heterocycles. The average Bonchev–Trinajstić information content (AvgIpc) is 2.37. The number of nitrogens with zero attached hydrogens (tertiary/aromatic N) is 1. The van der Waals surface area contributed by atoms with Crippen molar-refractivity contribution in [1.82, 2.24) is 4.90 Å². The van der Waals surface area contributed by atoms with Crippen LogP contribution in [0.1, 0.15) is 33.1 Å². The van der Waals surface area contributed by atoms with Crippen LogP contribution >= 0.6 is 0 Å². The van der Waals surface area contributed by atoms with Crippen molar-refractivity contribution in [2.45, 2.75) is 33.1 Å². The fraction of sp³-hybridized carbons (Fsp3) is 0.600. The minimum Gasteiger partial charge on any atom is -0.465 e. The average molecular weight is 251 g/mol. The molecule has 1 heterocycles. The van der Waals surface area contributed by atoms with E-state index >= 15 is 0 Å². The minimum absolute atomic E-state index is 0.278. The summed E-state index contributed by atoms with van der Waals surface area (Å²) in [7, 11) is 2.14. The molecule has 1 aliphatic rings. The molecule has 0 N–H and O–H groups in total. The standard InChI is InChI=1S/C15H25NO2/c1-5-14-11-16(4)9-7-13(3)8-10-17-12-18-15(14)6-2/h8,10H,3,5-7,9,11-12H2,1-2,4H3/b10-8-,15-14-. The van der Waals surface area contributed by atoms with E-state index in [1.165, 1.54) is 5.57 Å². The lowest BCUT2D eigenvalue weighted by molar-refractivity contribution is 0.0235. The first-order valence-corrected chi connectivity index (χ1v) is 6.65. The Morgan fingerprint density at radius 2 is 2.11 bits per heavy atom. The maximum Gasteiger partial charge on any atom is 0.229 e. The van der Waals surface area contributed by atoms with Crippen LogP contribution in [0, 0.1) is 0 Å². The van der Waals surface area contributed by atoms with Gasteiger partial charge in [0, 0.05) is 19.5 Å². The Hall–Kier alpha value is -1.22. The molecule has 0 unspecified atom stereocenters. The Labute approximate surface area is 111 Å². The van der Waals surface area contributed by atoms with Gasteiger partial charge in [-0.05, 0) is 31.5 Å². The predicted octanol–water partition coefficient (Wildman–Crippen LogP) is 3.46. The monoisotopic (exact) mass is 251 g/mol. The second-order valence-corrected chi connectivity index (χ2v) is 4.61. The largest absolute Gasteiger partial charge is 0.465 e. The molecule has 3 nitrogen and oxygen atoms in total. The number of ether oxygens (including phenoxy) is 2. The first-order valence-electron chi connectivity index (χ1n) is 6.65. The first kappa shape index (κ1) is 14.8. The highest BCUT2D eigenvalue weighted by Crippen LogP contribution is 2.16. The van der Waals surface area contributed by atoms with Crippen molar-refractivity contribution in [3.8, 4) is 0 Å². The van der Waals surface area contributed by atoms with Crippen LogP contribution in [0.15, 0.2) is 35.8 Å². The van der Waals surface area contributed by atoms with E-state index in [0.717, 1.165) is 43.7 Å². The molecular formula is C15H25NO2. The molecule has 0 aromatic rings. The van der Waals surface area contributed by atoms with Gasteiger partial charge in [-0.15, -0.1) is 0 Å². The van der Waals surface area contributed by atoms with E-state index in [1.807, 2.05) is 6.08 Å². The van der Waals surface area contributed by atoms with Crippen LogP contribution in [0.4, 0.5) is 0 Å². The summed E-state index contributed by atoms with van der Waals surface area (Å²) in [6.07, 6.45) is 6.48. The molecule has 0 aromatic carbocycles. The molecule has 0 aliphatic carbocycles. The molecule has 1 aliphatic heterocycles. The molecule has 18 heavy (non-hydrogen) atoms. The molecular weight excluding hydrogens is 226 g/mol. The van der Waals surface area contributed by atoms with Crippen LogP contribution < -0.4 is 0 Å². The zero-order valence-electron chi connectivity index (χ0n) is 11.9. The molecule has 0 atom stereocenters. The van der Waals surface area contributed by atoms with E-state index in [0.29, 0.717) is 0 Å². The molecule has 1 rings (SSSR count). The van der Waals surface area contributed by atoms with Gasteiger partial charge in [-0.3, -0.25) is 0 Å². The van der Waals surface area contributed by atoms with Crippen molar-refractivity contribution in [2.24, 2.45) is 0 Å². The normalized spacial score (nSPS) is 25.6. The van der Waals surface area contributed by atoms with E-state index in [2.05, 4.69) is 32.4 Å². The molecule has 102 valence electrons. The Morgan fingerprint density at radius 1 is 1.33 bits per heavy atom. The van der Waals surface area contributed by atoms with E-state index < -0.39 is 0 Å². The van der Waals surface area contributed by atoms with Crippen LogP contribution in [0.25, 0.3) is 0 Å². The molecule has 0 spiro atoms. The fourth-order valence-electron chi connectivity index (χ4n) is 1.96. The van der Waals surface area contributed by atoms with Gasteiger partial charge in [-0.25, -0.2) is 0 Å².